The minimum atomic E-state index is 0.483. The molecule has 0 aliphatic rings. The topological polar surface area (TPSA) is 102 Å². The molecule has 0 atom stereocenters. The average molecular weight is 286 g/mol. The minimum absolute atomic E-state index is 0.483. The molecule has 3 rings (SSSR count). The Bertz CT molecular complexity index is 704. The van der Waals surface area contributed by atoms with Crippen LogP contribution in [0.2, 0.25) is 0 Å². The van der Waals surface area contributed by atoms with Crippen molar-refractivity contribution in [1.82, 2.24) is 15.1 Å². The number of rotatable bonds is 4. The summed E-state index contributed by atoms with van der Waals surface area (Å²) in [4.78, 5) is 8.01. The van der Waals surface area contributed by atoms with Gasteiger partial charge in [-0.25, -0.2) is 4.98 Å². The molecule has 2 aromatic heterocycles. The van der Waals surface area contributed by atoms with Crippen LogP contribution in [0.25, 0.3) is 11.4 Å². The van der Waals surface area contributed by atoms with Gasteiger partial charge in [0.25, 0.3) is 0 Å². The Kier molecular flexibility index (Phi) is 3.38. The summed E-state index contributed by atoms with van der Waals surface area (Å²) in [6.07, 6.45) is 2.99. The molecule has 0 radical (unpaired) electrons. The van der Waals surface area contributed by atoms with Crippen LogP contribution in [-0.2, 0) is 0 Å². The van der Waals surface area contributed by atoms with Crippen LogP contribution in [0.15, 0.2) is 45.7 Å². The maximum absolute atomic E-state index is 5.51. The first-order valence-corrected chi connectivity index (χ1v) is 6.56. The number of nitrogens with one attached hydrogen (secondary N) is 1. The fourth-order valence-electron chi connectivity index (χ4n) is 1.52. The second-order valence-corrected chi connectivity index (χ2v) is 4.68. The quantitative estimate of drug-likeness (QED) is 0.563. The zero-order valence-corrected chi connectivity index (χ0v) is 11.0. The molecule has 0 spiro atoms. The van der Waals surface area contributed by atoms with Crippen LogP contribution in [-0.4, -0.2) is 21.3 Å². The predicted molar refractivity (Wildman–Crippen MR) is 77.5 cm³/mol. The monoisotopic (exact) mass is 286 g/mol. The molecule has 0 bridgehead atoms. The first-order valence-electron chi connectivity index (χ1n) is 5.68. The van der Waals surface area contributed by atoms with E-state index >= 15 is 0 Å². The van der Waals surface area contributed by atoms with Crippen LogP contribution in [0, 0.1) is 0 Å². The molecule has 7 nitrogen and oxygen atoms in total. The lowest BCUT2D eigenvalue weighted by Gasteiger charge is -1.96. The number of thiazole rings is 1. The highest BCUT2D eigenvalue weighted by Crippen LogP contribution is 2.16. The Morgan fingerprint density at radius 2 is 2.15 bits per heavy atom. The van der Waals surface area contributed by atoms with Crippen LogP contribution in [0.3, 0.4) is 0 Å². The van der Waals surface area contributed by atoms with E-state index in [1.807, 2.05) is 24.3 Å². The number of benzene rings is 1. The van der Waals surface area contributed by atoms with Gasteiger partial charge in [-0.15, -0.1) is 11.3 Å². The van der Waals surface area contributed by atoms with E-state index in [0.717, 1.165) is 11.1 Å². The number of nitrogens with zero attached hydrogens (tertiary/aromatic N) is 4. The van der Waals surface area contributed by atoms with Gasteiger partial charge in [0.1, 0.15) is 5.82 Å². The Labute approximate surface area is 118 Å². The van der Waals surface area contributed by atoms with Crippen molar-refractivity contribution in [2.45, 2.75) is 0 Å². The van der Waals surface area contributed by atoms with Gasteiger partial charge in [0, 0.05) is 10.9 Å². The summed E-state index contributed by atoms with van der Waals surface area (Å²) in [5.74, 6) is 1.04. The summed E-state index contributed by atoms with van der Waals surface area (Å²) in [6.45, 7) is 0. The zero-order chi connectivity index (χ0) is 13.8. The molecule has 3 N–H and O–H groups in total. The van der Waals surface area contributed by atoms with Gasteiger partial charge < -0.3 is 10.3 Å². The highest BCUT2D eigenvalue weighted by molar-refractivity contribution is 7.14. The SMILES string of the molecule is Nc1csc(NN=Cc2ccc(-c3ncon3)cc2)n1. The van der Waals surface area contributed by atoms with Crippen LogP contribution in [0.4, 0.5) is 10.9 Å². The molecule has 3 aromatic rings. The van der Waals surface area contributed by atoms with E-state index in [-0.39, 0.29) is 0 Å². The van der Waals surface area contributed by atoms with Crippen LogP contribution < -0.4 is 11.2 Å². The lowest BCUT2D eigenvalue weighted by atomic mass is 10.1. The summed E-state index contributed by atoms with van der Waals surface area (Å²) in [6, 6.07) is 7.61. The first kappa shape index (κ1) is 12.3. The standard InChI is InChI=1S/C12H10N6OS/c13-10-6-20-12(16-10)17-15-5-8-1-3-9(4-2-8)11-14-7-19-18-11/h1-7H,13H2,(H,16,17). The molecule has 0 saturated carbocycles. The number of hydrazone groups is 1. The van der Waals surface area contributed by atoms with Crippen LogP contribution in [0.1, 0.15) is 5.56 Å². The minimum Gasteiger partial charge on any atom is -0.383 e. The fraction of sp³-hybridized carbons (Fsp3) is 0. The third kappa shape index (κ3) is 2.81. The van der Waals surface area contributed by atoms with Crippen molar-refractivity contribution in [2.24, 2.45) is 5.10 Å². The van der Waals surface area contributed by atoms with Gasteiger partial charge in [0.05, 0.1) is 6.21 Å². The van der Waals surface area contributed by atoms with E-state index in [1.54, 1.807) is 11.6 Å². The number of nitrogens with two attached hydrogens (primary N) is 1. The van der Waals surface area contributed by atoms with Crippen LogP contribution in [0.5, 0.6) is 0 Å². The Morgan fingerprint density at radius 3 is 2.80 bits per heavy atom. The lowest BCUT2D eigenvalue weighted by Crippen LogP contribution is -1.91. The smallest absolute Gasteiger partial charge is 0.214 e. The van der Waals surface area contributed by atoms with E-state index < -0.39 is 0 Å². The second-order valence-electron chi connectivity index (χ2n) is 3.82. The molecular weight excluding hydrogens is 276 g/mol. The molecule has 0 unspecified atom stereocenters. The van der Waals surface area contributed by atoms with E-state index in [2.05, 4.69) is 25.7 Å². The average Bonchev–Trinajstić information content (AvgIpc) is 3.11. The molecule has 0 saturated heterocycles. The molecule has 0 amide bonds. The predicted octanol–water partition coefficient (Wildman–Crippen LogP) is 2.22. The molecule has 20 heavy (non-hydrogen) atoms. The molecule has 0 fully saturated rings. The van der Waals surface area contributed by atoms with Crippen molar-refractivity contribution in [2.75, 3.05) is 11.2 Å². The van der Waals surface area contributed by atoms with Gasteiger partial charge >= 0.3 is 0 Å². The van der Waals surface area contributed by atoms with E-state index in [9.17, 15) is 0 Å². The Hall–Kier alpha value is -2.74. The Morgan fingerprint density at radius 1 is 1.30 bits per heavy atom. The van der Waals surface area contributed by atoms with Gasteiger partial charge in [-0.3, -0.25) is 5.43 Å². The number of aromatic nitrogens is 3. The summed E-state index contributed by atoms with van der Waals surface area (Å²) < 4.78 is 4.70. The van der Waals surface area contributed by atoms with E-state index in [4.69, 9.17) is 10.3 Å². The van der Waals surface area contributed by atoms with E-state index in [1.165, 1.54) is 17.7 Å². The first-order chi connectivity index (χ1) is 9.81. The number of hydrogen-bond donors (Lipinski definition) is 2. The molecule has 2 heterocycles. The summed E-state index contributed by atoms with van der Waals surface area (Å²) in [5.41, 5.74) is 10.2. The van der Waals surface area contributed by atoms with Gasteiger partial charge in [0.15, 0.2) is 0 Å². The number of hydrogen-bond acceptors (Lipinski definition) is 8. The lowest BCUT2D eigenvalue weighted by molar-refractivity contribution is 0.419. The van der Waals surface area contributed by atoms with Gasteiger partial charge in [-0.2, -0.15) is 10.1 Å². The zero-order valence-electron chi connectivity index (χ0n) is 10.2. The normalized spacial score (nSPS) is 11.0. The van der Waals surface area contributed by atoms with Gasteiger partial charge in [0.2, 0.25) is 17.3 Å². The second kappa shape index (κ2) is 5.49. The molecule has 0 aliphatic carbocycles. The van der Waals surface area contributed by atoms with Crippen molar-refractivity contribution >= 4 is 28.5 Å². The van der Waals surface area contributed by atoms with Crippen LogP contribution >= 0.6 is 11.3 Å². The van der Waals surface area contributed by atoms with Gasteiger partial charge in [-0.05, 0) is 5.56 Å². The van der Waals surface area contributed by atoms with Crippen molar-refractivity contribution in [3.63, 3.8) is 0 Å². The highest BCUT2D eigenvalue weighted by Gasteiger charge is 2.01. The highest BCUT2D eigenvalue weighted by atomic mass is 32.1. The third-order valence-corrected chi connectivity index (χ3v) is 3.19. The summed E-state index contributed by atoms with van der Waals surface area (Å²) >= 11 is 1.40. The number of anilines is 2. The molecule has 100 valence electrons. The molecule has 0 aliphatic heterocycles. The fourth-order valence-corrected chi connectivity index (χ4v) is 2.06. The molecular formula is C12H10N6OS. The largest absolute Gasteiger partial charge is 0.383 e. The maximum atomic E-state index is 5.51. The summed E-state index contributed by atoms with van der Waals surface area (Å²) in [7, 11) is 0. The van der Waals surface area contributed by atoms with Crippen molar-refractivity contribution in [3.8, 4) is 11.4 Å². The van der Waals surface area contributed by atoms with Crippen molar-refractivity contribution < 1.29 is 4.52 Å². The van der Waals surface area contributed by atoms with Crippen molar-refractivity contribution in [3.05, 3.63) is 41.6 Å². The third-order valence-electron chi connectivity index (χ3n) is 2.43. The molecule has 1 aromatic carbocycles. The van der Waals surface area contributed by atoms with E-state index in [0.29, 0.717) is 16.8 Å². The maximum Gasteiger partial charge on any atom is 0.214 e. The number of nitrogen functional groups attached to an aromatic ring is 1. The molecule has 8 heteroatoms. The van der Waals surface area contributed by atoms with Crippen molar-refractivity contribution in [1.29, 1.82) is 0 Å². The van der Waals surface area contributed by atoms with Gasteiger partial charge in [-0.1, -0.05) is 29.4 Å². The Balaban J connectivity index is 1.66. The summed E-state index contributed by atoms with van der Waals surface area (Å²) in [5, 5.41) is 10.3.